The highest BCUT2D eigenvalue weighted by Gasteiger charge is 2.28. The topological polar surface area (TPSA) is 55.1 Å². The lowest BCUT2D eigenvalue weighted by molar-refractivity contribution is -0.127. The number of hydrogen-bond acceptors (Lipinski definition) is 2. The molecule has 1 saturated carbocycles. The molecule has 4 heteroatoms. The average Bonchev–Trinajstić information content (AvgIpc) is 2.39. The zero-order chi connectivity index (χ0) is 13.8. The number of hydrogen-bond donors (Lipinski definition) is 2. The van der Waals surface area contributed by atoms with Gasteiger partial charge in [-0.1, -0.05) is 40.9 Å². The van der Waals surface area contributed by atoms with Crippen molar-refractivity contribution in [3.63, 3.8) is 0 Å². The number of amides is 1. The Morgan fingerprint density at radius 3 is 2.84 bits per heavy atom. The summed E-state index contributed by atoms with van der Waals surface area (Å²) in [5.74, 6) is 0.0722. The summed E-state index contributed by atoms with van der Waals surface area (Å²) in [4.78, 5) is 12.3. The third kappa shape index (κ3) is 3.80. The highest BCUT2D eigenvalue weighted by molar-refractivity contribution is 9.10. The Bertz CT molecular complexity index is 450. The maximum absolute atomic E-state index is 12.3. The van der Waals surface area contributed by atoms with Crippen LogP contribution in [0.5, 0.6) is 0 Å². The average molecular weight is 325 g/mol. The summed E-state index contributed by atoms with van der Waals surface area (Å²) in [6.07, 6.45) is 4.13. The lowest BCUT2D eigenvalue weighted by atomic mass is 9.84. The number of rotatable bonds is 3. The molecule has 0 saturated heterocycles. The zero-order valence-electron chi connectivity index (χ0n) is 11.2. The van der Waals surface area contributed by atoms with Gasteiger partial charge < -0.3 is 11.1 Å². The molecule has 1 fully saturated rings. The molecular weight excluding hydrogens is 304 g/mol. The summed E-state index contributed by atoms with van der Waals surface area (Å²) in [6.45, 7) is 2.01. The van der Waals surface area contributed by atoms with Gasteiger partial charge in [-0.25, -0.2) is 0 Å². The van der Waals surface area contributed by atoms with Gasteiger partial charge in [0.05, 0.1) is 12.0 Å². The molecule has 1 aromatic rings. The fourth-order valence-corrected chi connectivity index (χ4v) is 3.08. The summed E-state index contributed by atoms with van der Waals surface area (Å²) in [7, 11) is 0. The molecule has 0 heterocycles. The standard InChI is InChI=1S/C15H21BrN2O/c1-10(11-5-4-6-12(16)9-11)18-15(19)13-7-2-3-8-14(13)17/h4-6,9-10,13-14H,2-3,7-8,17H2,1H3,(H,18,19). The molecule has 3 unspecified atom stereocenters. The van der Waals surface area contributed by atoms with Crippen LogP contribution in [0, 0.1) is 5.92 Å². The molecule has 0 aromatic heterocycles. The number of carbonyl (C=O) groups excluding carboxylic acids is 1. The summed E-state index contributed by atoms with van der Waals surface area (Å²) < 4.78 is 1.03. The van der Waals surface area contributed by atoms with E-state index in [1.165, 1.54) is 0 Å². The lowest BCUT2D eigenvalue weighted by Crippen LogP contribution is -2.44. The maximum Gasteiger partial charge on any atom is 0.225 e. The van der Waals surface area contributed by atoms with Gasteiger partial charge in [-0.05, 0) is 37.5 Å². The van der Waals surface area contributed by atoms with E-state index in [-0.39, 0.29) is 23.9 Å². The predicted molar refractivity (Wildman–Crippen MR) is 80.6 cm³/mol. The molecule has 3 atom stereocenters. The molecule has 3 N–H and O–H groups in total. The maximum atomic E-state index is 12.3. The van der Waals surface area contributed by atoms with Gasteiger partial charge in [0.15, 0.2) is 0 Å². The van der Waals surface area contributed by atoms with Crippen molar-refractivity contribution in [2.45, 2.75) is 44.7 Å². The molecule has 0 bridgehead atoms. The molecule has 0 aliphatic heterocycles. The second-order valence-electron chi connectivity index (χ2n) is 5.34. The second kappa shape index (κ2) is 6.53. The number of benzene rings is 1. The smallest absolute Gasteiger partial charge is 0.225 e. The first kappa shape index (κ1) is 14.5. The van der Waals surface area contributed by atoms with Crippen molar-refractivity contribution in [2.24, 2.45) is 11.7 Å². The number of nitrogens with two attached hydrogens (primary N) is 1. The van der Waals surface area contributed by atoms with Gasteiger partial charge in [0.25, 0.3) is 0 Å². The van der Waals surface area contributed by atoms with Crippen LogP contribution in [-0.4, -0.2) is 11.9 Å². The quantitative estimate of drug-likeness (QED) is 0.897. The molecule has 1 aliphatic rings. The van der Waals surface area contributed by atoms with Crippen molar-refractivity contribution in [1.82, 2.24) is 5.32 Å². The Morgan fingerprint density at radius 1 is 1.42 bits per heavy atom. The fourth-order valence-electron chi connectivity index (χ4n) is 2.66. The van der Waals surface area contributed by atoms with Gasteiger partial charge in [0, 0.05) is 10.5 Å². The molecule has 19 heavy (non-hydrogen) atoms. The van der Waals surface area contributed by atoms with E-state index in [1.54, 1.807) is 0 Å². The summed E-state index contributed by atoms with van der Waals surface area (Å²) in [5, 5.41) is 3.08. The summed E-state index contributed by atoms with van der Waals surface area (Å²) in [5.41, 5.74) is 7.15. The van der Waals surface area contributed by atoms with Gasteiger partial charge in [0.2, 0.25) is 5.91 Å². The van der Waals surface area contributed by atoms with E-state index in [2.05, 4.69) is 21.2 Å². The van der Waals surface area contributed by atoms with Crippen LogP contribution in [0.4, 0.5) is 0 Å². The number of halogens is 1. The van der Waals surface area contributed by atoms with E-state index < -0.39 is 0 Å². The van der Waals surface area contributed by atoms with Crippen LogP contribution >= 0.6 is 15.9 Å². The van der Waals surface area contributed by atoms with E-state index >= 15 is 0 Å². The molecule has 0 spiro atoms. The van der Waals surface area contributed by atoms with Crippen LogP contribution in [0.1, 0.15) is 44.2 Å². The van der Waals surface area contributed by atoms with Gasteiger partial charge in [-0.15, -0.1) is 0 Å². The van der Waals surface area contributed by atoms with E-state index in [4.69, 9.17) is 5.73 Å². The van der Waals surface area contributed by atoms with Crippen LogP contribution in [0.3, 0.4) is 0 Å². The van der Waals surface area contributed by atoms with Gasteiger partial charge in [-0.3, -0.25) is 4.79 Å². The zero-order valence-corrected chi connectivity index (χ0v) is 12.8. The fraction of sp³-hybridized carbons (Fsp3) is 0.533. The summed E-state index contributed by atoms with van der Waals surface area (Å²) >= 11 is 3.45. The molecule has 0 radical (unpaired) electrons. The minimum atomic E-state index is -0.0247. The van der Waals surface area contributed by atoms with Crippen molar-refractivity contribution in [3.8, 4) is 0 Å². The second-order valence-corrected chi connectivity index (χ2v) is 6.26. The van der Waals surface area contributed by atoms with E-state index in [0.717, 1.165) is 35.7 Å². The molecule has 104 valence electrons. The Hall–Kier alpha value is -0.870. The Morgan fingerprint density at radius 2 is 2.16 bits per heavy atom. The summed E-state index contributed by atoms with van der Waals surface area (Å²) in [6, 6.07) is 8.05. The van der Waals surface area contributed by atoms with Gasteiger partial charge in [0.1, 0.15) is 0 Å². The van der Waals surface area contributed by atoms with Crippen molar-refractivity contribution in [1.29, 1.82) is 0 Å². The van der Waals surface area contributed by atoms with Gasteiger partial charge >= 0.3 is 0 Å². The third-order valence-corrected chi connectivity index (χ3v) is 4.36. The SMILES string of the molecule is CC(NC(=O)C1CCCCC1N)c1cccc(Br)c1. The minimum absolute atomic E-state index is 0.0131. The first-order chi connectivity index (χ1) is 9.08. The van der Waals surface area contributed by atoms with Crippen molar-refractivity contribution < 1.29 is 4.79 Å². The normalized spacial score (nSPS) is 24.8. The number of carbonyl (C=O) groups is 1. The molecule has 1 aliphatic carbocycles. The van der Waals surface area contributed by atoms with E-state index in [0.29, 0.717) is 0 Å². The van der Waals surface area contributed by atoms with Crippen LogP contribution in [-0.2, 0) is 4.79 Å². The molecule has 2 rings (SSSR count). The molecule has 1 amide bonds. The minimum Gasteiger partial charge on any atom is -0.349 e. The van der Waals surface area contributed by atoms with E-state index in [9.17, 15) is 4.79 Å². The monoisotopic (exact) mass is 324 g/mol. The first-order valence-electron chi connectivity index (χ1n) is 6.89. The predicted octanol–water partition coefficient (Wildman–Crippen LogP) is 3.14. The van der Waals surface area contributed by atoms with Crippen LogP contribution < -0.4 is 11.1 Å². The lowest BCUT2D eigenvalue weighted by Gasteiger charge is -2.28. The van der Waals surface area contributed by atoms with Crippen molar-refractivity contribution >= 4 is 21.8 Å². The largest absolute Gasteiger partial charge is 0.349 e. The Labute approximate surface area is 123 Å². The highest BCUT2D eigenvalue weighted by Crippen LogP contribution is 2.24. The molecule has 3 nitrogen and oxygen atoms in total. The number of nitrogens with one attached hydrogen (secondary N) is 1. The van der Waals surface area contributed by atoms with Crippen LogP contribution in [0.2, 0.25) is 0 Å². The Balaban J connectivity index is 1.98. The van der Waals surface area contributed by atoms with Crippen LogP contribution in [0.15, 0.2) is 28.7 Å². The van der Waals surface area contributed by atoms with Gasteiger partial charge in [-0.2, -0.15) is 0 Å². The first-order valence-corrected chi connectivity index (χ1v) is 7.68. The Kier molecular flexibility index (Phi) is 4.99. The van der Waals surface area contributed by atoms with Crippen molar-refractivity contribution in [3.05, 3.63) is 34.3 Å². The molecular formula is C15H21BrN2O. The third-order valence-electron chi connectivity index (χ3n) is 3.86. The highest BCUT2D eigenvalue weighted by atomic mass is 79.9. The van der Waals surface area contributed by atoms with Crippen LogP contribution in [0.25, 0.3) is 0 Å². The molecule has 1 aromatic carbocycles. The van der Waals surface area contributed by atoms with E-state index in [1.807, 2.05) is 31.2 Å². The van der Waals surface area contributed by atoms with Crippen molar-refractivity contribution in [2.75, 3.05) is 0 Å².